The van der Waals surface area contributed by atoms with Crippen LogP contribution in [0.1, 0.15) is 29.5 Å². The molecule has 0 saturated carbocycles. The molecule has 1 heterocycles. The van der Waals surface area contributed by atoms with E-state index >= 15 is 0 Å². The topological polar surface area (TPSA) is 12.0 Å². The highest BCUT2D eigenvalue weighted by atomic mass is 35.5. The Bertz CT molecular complexity index is 769. The van der Waals surface area contributed by atoms with Gasteiger partial charge in [-0.15, -0.1) is 0 Å². The number of fused-ring (bicyclic) bond motifs is 3. The molecule has 2 aliphatic rings. The number of benzene rings is 2. The minimum Gasteiger partial charge on any atom is -0.376 e. The molecule has 0 saturated heterocycles. The number of allylic oxidation sites excluding steroid dienone is 2. The van der Waals surface area contributed by atoms with Crippen molar-refractivity contribution in [2.75, 3.05) is 5.32 Å². The van der Waals surface area contributed by atoms with Crippen molar-refractivity contribution in [1.29, 1.82) is 0 Å². The number of rotatable bonds is 1. The fourth-order valence-corrected chi connectivity index (χ4v) is 4.36. The van der Waals surface area contributed by atoms with E-state index in [1.165, 1.54) is 5.56 Å². The van der Waals surface area contributed by atoms with Gasteiger partial charge in [-0.3, -0.25) is 0 Å². The number of hydrogen-bond donors (Lipinski definition) is 1. The molecule has 1 aliphatic carbocycles. The molecule has 0 amide bonds. The summed E-state index contributed by atoms with van der Waals surface area (Å²) in [5.74, 6) is 0.730. The predicted octanol–water partition coefficient (Wildman–Crippen LogP) is 6.47. The summed E-state index contributed by atoms with van der Waals surface area (Å²) in [7, 11) is 0. The molecule has 1 aliphatic heterocycles. The van der Waals surface area contributed by atoms with Crippen LogP contribution in [0.2, 0.25) is 15.1 Å². The molecule has 2 aromatic carbocycles. The predicted molar refractivity (Wildman–Crippen MR) is 94.3 cm³/mol. The van der Waals surface area contributed by atoms with Crippen molar-refractivity contribution in [2.45, 2.75) is 18.4 Å². The van der Waals surface area contributed by atoms with E-state index in [1.807, 2.05) is 30.3 Å². The van der Waals surface area contributed by atoms with Crippen molar-refractivity contribution >= 4 is 40.5 Å². The number of halogens is 3. The average molecular weight is 351 g/mol. The maximum absolute atomic E-state index is 6.45. The van der Waals surface area contributed by atoms with Gasteiger partial charge in [0.05, 0.1) is 16.8 Å². The fraction of sp³-hybridized carbons (Fsp3) is 0.222. The Balaban J connectivity index is 1.86. The molecule has 0 radical (unpaired) electrons. The van der Waals surface area contributed by atoms with Gasteiger partial charge in [0.25, 0.3) is 0 Å². The van der Waals surface area contributed by atoms with Crippen LogP contribution in [-0.2, 0) is 0 Å². The zero-order chi connectivity index (χ0) is 15.3. The number of nitrogens with one attached hydrogen (secondary N) is 1. The van der Waals surface area contributed by atoms with E-state index in [0.717, 1.165) is 27.7 Å². The van der Waals surface area contributed by atoms with Gasteiger partial charge in [-0.05, 0) is 42.2 Å². The van der Waals surface area contributed by atoms with Crippen LogP contribution in [0.4, 0.5) is 5.69 Å². The molecule has 1 N–H and O–H groups in total. The van der Waals surface area contributed by atoms with Gasteiger partial charge in [0.2, 0.25) is 0 Å². The van der Waals surface area contributed by atoms with Gasteiger partial charge >= 0.3 is 0 Å². The van der Waals surface area contributed by atoms with Crippen LogP contribution in [0.25, 0.3) is 0 Å². The molecular formula is C18H14Cl3N. The monoisotopic (exact) mass is 349 g/mol. The second-order valence-corrected chi connectivity index (χ2v) is 7.10. The van der Waals surface area contributed by atoms with Crippen LogP contribution in [0.5, 0.6) is 0 Å². The Morgan fingerprint density at radius 2 is 1.82 bits per heavy atom. The Kier molecular flexibility index (Phi) is 3.60. The number of anilines is 1. The minimum atomic E-state index is 0.183. The molecule has 1 nitrogen and oxygen atoms in total. The molecule has 4 rings (SSSR count). The normalized spacial score (nSPS) is 25.5. The summed E-state index contributed by atoms with van der Waals surface area (Å²) in [5, 5.41) is 5.85. The number of hydrogen-bond acceptors (Lipinski definition) is 1. The maximum atomic E-state index is 6.45. The van der Waals surface area contributed by atoms with E-state index < -0.39 is 0 Å². The van der Waals surface area contributed by atoms with E-state index in [2.05, 4.69) is 23.5 Å². The van der Waals surface area contributed by atoms with Crippen LogP contribution in [0, 0.1) is 5.92 Å². The van der Waals surface area contributed by atoms with E-state index in [1.54, 1.807) is 0 Å². The molecule has 0 spiro atoms. The third-order valence-electron chi connectivity index (χ3n) is 4.62. The first-order chi connectivity index (χ1) is 10.6. The molecule has 3 unspecified atom stereocenters. The quantitative estimate of drug-likeness (QED) is 0.581. The zero-order valence-electron chi connectivity index (χ0n) is 11.7. The Labute approximate surface area is 144 Å². The second kappa shape index (κ2) is 5.49. The van der Waals surface area contributed by atoms with Crippen molar-refractivity contribution in [3.8, 4) is 0 Å². The van der Waals surface area contributed by atoms with Gasteiger partial charge < -0.3 is 5.32 Å². The van der Waals surface area contributed by atoms with Gasteiger partial charge in [-0.1, -0.05) is 59.1 Å². The molecular weight excluding hydrogens is 337 g/mol. The molecule has 4 heteroatoms. The lowest BCUT2D eigenvalue weighted by Gasteiger charge is -2.38. The van der Waals surface area contributed by atoms with Crippen LogP contribution in [0.15, 0.2) is 48.6 Å². The molecule has 112 valence electrons. The average Bonchev–Trinajstić information content (AvgIpc) is 2.99. The summed E-state index contributed by atoms with van der Waals surface area (Å²) in [6.45, 7) is 0. The van der Waals surface area contributed by atoms with E-state index in [-0.39, 0.29) is 6.04 Å². The largest absolute Gasteiger partial charge is 0.376 e. The lowest BCUT2D eigenvalue weighted by molar-refractivity contribution is 0.426. The summed E-state index contributed by atoms with van der Waals surface area (Å²) in [6, 6.07) is 11.9. The highest BCUT2D eigenvalue weighted by molar-refractivity contribution is 6.36. The van der Waals surface area contributed by atoms with Gasteiger partial charge in [-0.25, -0.2) is 0 Å². The molecule has 0 bridgehead atoms. The first-order valence-electron chi connectivity index (χ1n) is 7.31. The zero-order valence-corrected chi connectivity index (χ0v) is 14.0. The van der Waals surface area contributed by atoms with Crippen LogP contribution >= 0.6 is 34.8 Å². The molecule has 0 fully saturated rings. The lowest BCUT2D eigenvalue weighted by Crippen LogP contribution is -2.29. The maximum Gasteiger partial charge on any atom is 0.0641 e. The van der Waals surface area contributed by atoms with Crippen LogP contribution < -0.4 is 5.32 Å². The third-order valence-corrected chi connectivity index (χ3v) is 5.50. The first-order valence-corrected chi connectivity index (χ1v) is 8.45. The van der Waals surface area contributed by atoms with Gasteiger partial charge in [-0.2, -0.15) is 0 Å². The van der Waals surface area contributed by atoms with Crippen molar-refractivity contribution in [3.05, 3.63) is 74.7 Å². The van der Waals surface area contributed by atoms with Crippen LogP contribution in [0.3, 0.4) is 0 Å². The second-order valence-electron chi connectivity index (χ2n) is 5.85. The third kappa shape index (κ3) is 2.23. The molecule has 0 aromatic heterocycles. The highest BCUT2D eigenvalue weighted by Crippen LogP contribution is 2.53. The van der Waals surface area contributed by atoms with Crippen molar-refractivity contribution in [1.82, 2.24) is 0 Å². The smallest absolute Gasteiger partial charge is 0.0641 e. The van der Waals surface area contributed by atoms with Crippen LogP contribution in [-0.4, -0.2) is 0 Å². The summed E-state index contributed by atoms with van der Waals surface area (Å²) >= 11 is 19.0. The summed E-state index contributed by atoms with van der Waals surface area (Å²) in [6.07, 6.45) is 5.52. The Hall–Kier alpha value is -1.15. The van der Waals surface area contributed by atoms with E-state index in [4.69, 9.17) is 34.8 Å². The SMILES string of the molecule is Clc1cccc(C2Nc3c(Cl)ccc(Cl)c3C3C=CCC32)c1. The minimum absolute atomic E-state index is 0.183. The molecule has 22 heavy (non-hydrogen) atoms. The summed E-state index contributed by atoms with van der Waals surface area (Å²) < 4.78 is 0. The molecule has 2 aromatic rings. The van der Waals surface area contributed by atoms with Crippen molar-refractivity contribution < 1.29 is 0 Å². The lowest BCUT2D eigenvalue weighted by atomic mass is 9.77. The van der Waals surface area contributed by atoms with Crippen molar-refractivity contribution in [3.63, 3.8) is 0 Å². The first kappa shape index (κ1) is 14.4. The Morgan fingerprint density at radius 1 is 1.00 bits per heavy atom. The fourth-order valence-electron chi connectivity index (χ4n) is 3.66. The van der Waals surface area contributed by atoms with Gasteiger partial charge in [0.15, 0.2) is 0 Å². The van der Waals surface area contributed by atoms with Gasteiger partial charge in [0, 0.05) is 21.5 Å². The highest BCUT2D eigenvalue weighted by Gasteiger charge is 2.39. The molecule has 3 atom stereocenters. The standard InChI is InChI=1S/C18H14Cl3N/c19-11-4-1-3-10(9-11)17-13-6-2-5-12(13)16-14(20)7-8-15(21)18(16)22-17/h1-5,7-9,12-13,17,22H,6H2. The van der Waals surface area contributed by atoms with E-state index in [0.29, 0.717) is 16.9 Å². The van der Waals surface area contributed by atoms with Crippen molar-refractivity contribution in [2.24, 2.45) is 5.92 Å². The summed E-state index contributed by atoms with van der Waals surface area (Å²) in [4.78, 5) is 0. The Morgan fingerprint density at radius 3 is 2.64 bits per heavy atom. The summed E-state index contributed by atoms with van der Waals surface area (Å²) in [5.41, 5.74) is 3.26. The van der Waals surface area contributed by atoms with Gasteiger partial charge in [0.1, 0.15) is 0 Å². The van der Waals surface area contributed by atoms with E-state index in [9.17, 15) is 0 Å².